The molecule has 21 nitrogen and oxygen atoms in total. The van der Waals surface area contributed by atoms with Crippen LogP contribution in [0.3, 0.4) is 0 Å². The first-order valence-corrected chi connectivity index (χ1v) is 15.3. The molecule has 18 N–H and O–H groups in total. The number of amides is 1. The van der Waals surface area contributed by atoms with Gasteiger partial charge >= 0.3 is 0 Å². The number of nitrogens with two attached hydrogens (primary N) is 3. The molecule has 3 unspecified atom stereocenters. The number of hydrogen-bond donors (Lipinski definition) is 15. The number of hydrogen-bond acceptors (Lipinski definition) is 18. The molecule has 0 bridgehead atoms. The van der Waals surface area contributed by atoms with E-state index < -0.39 is 123 Å². The van der Waals surface area contributed by atoms with Crippen LogP contribution >= 0.6 is 0 Å². The van der Waals surface area contributed by atoms with Gasteiger partial charge in [0.15, 0.2) is 24.1 Å². The lowest BCUT2D eigenvalue weighted by molar-refractivity contribution is -0.332. The molecule has 4 rings (SSSR count). The minimum absolute atomic E-state index is 0.0866. The molecule has 47 heavy (non-hydrogen) atoms. The molecule has 0 spiro atoms. The highest BCUT2D eigenvalue weighted by Gasteiger charge is 2.61. The summed E-state index contributed by atoms with van der Waals surface area (Å²) in [6.45, 7) is -1.40. The maximum absolute atomic E-state index is 13.1. The number of carbonyl (C=O) groups excluding carboxylic acids is 1. The first-order chi connectivity index (χ1) is 22.1. The lowest BCUT2D eigenvalue weighted by atomic mass is 9.83. The topological polar surface area (TPSA) is 371 Å². The number of aliphatic hydroxyl groups is 10. The van der Waals surface area contributed by atoms with Gasteiger partial charge in [-0.15, -0.1) is 0 Å². The van der Waals surface area contributed by atoms with Gasteiger partial charge in [-0.2, -0.15) is 0 Å². The third-order valence-corrected chi connectivity index (χ3v) is 8.83. The predicted octanol–water partition coefficient (Wildman–Crippen LogP) is -9.31. The van der Waals surface area contributed by atoms with Crippen LogP contribution in [0, 0.1) is 0 Å². The Morgan fingerprint density at radius 2 is 1.57 bits per heavy atom. The Labute approximate surface area is 268 Å². The van der Waals surface area contributed by atoms with Gasteiger partial charge in [-0.05, 0) is 6.42 Å². The van der Waals surface area contributed by atoms with Crippen molar-refractivity contribution in [3.63, 3.8) is 0 Å². The van der Waals surface area contributed by atoms with Gasteiger partial charge in [0.2, 0.25) is 0 Å². The molecule has 2 aliphatic heterocycles. The smallest absolute Gasteiger partial charge is 0.254 e. The van der Waals surface area contributed by atoms with Crippen LogP contribution < -0.4 is 27.8 Å². The Balaban J connectivity index is 1.52. The number of rotatable bonds is 13. The maximum atomic E-state index is 13.1. The van der Waals surface area contributed by atoms with E-state index in [0.717, 1.165) is 0 Å². The number of nitrogens with one attached hydrogen (secondary N) is 2. The van der Waals surface area contributed by atoms with Crippen LogP contribution in [0.4, 0.5) is 0 Å². The minimum atomic E-state index is -1.98. The Morgan fingerprint density at radius 1 is 0.915 bits per heavy atom. The zero-order chi connectivity index (χ0) is 34.8. The normalized spacial score (nSPS) is 46.0. The zero-order valence-electron chi connectivity index (χ0n) is 25.4. The van der Waals surface area contributed by atoms with E-state index in [1.807, 2.05) is 0 Å². The first kappa shape index (κ1) is 37.9. The summed E-state index contributed by atoms with van der Waals surface area (Å²) >= 11 is 0. The number of nitrogens with zero attached hydrogens (tertiary/aromatic N) is 1. The maximum Gasteiger partial charge on any atom is 0.254 e. The molecular weight excluding hydrogens is 636 g/mol. The molecule has 272 valence electrons. The Kier molecular flexibility index (Phi) is 12.7. The van der Waals surface area contributed by atoms with Crippen LogP contribution in [0.1, 0.15) is 19.3 Å². The highest BCUT2D eigenvalue weighted by atomic mass is 16.7. The number of carbonyl (C=O) groups is 1. The molecule has 2 saturated heterocycles. The summed E-state index contributed by atoms with van der Waals surface area (Å²) in [7, 11) is 0. The van der Waals surface area contributed by atoms with E-state index in [0.29, 0.717) is 0 Å². The van der Waals surface area contributed by atoms with Gasteiger partial charge in [0.05, 0.1) is 37.5 Å². The zero-order valence-corrected chi connectivity index (χ0v) is 25.4. The average Bonchev–Trinajstić information content (AvgIpc) is 3.67. The SMILES string of the molecule is NC(N)=NC1CC1(O)C(=O)N[C@@H]1C[C@H](N)[C@@H](O[C@H]2O[C@H](CNCC(O)CO)[C@@H](O)[C@H](O)[C@H]2O)[C@H](O)[C@H]1O[C@H]1O[C@H](CO)[C@@H](O)C[C@H]1O. The van der Waals surface area contributed by atoms with Crippen LogP contribution in [-0.4, -0.2) is 193 Å². The van der Waals surface area contributed by atoms with E-state index >= 15 is 0 Å². The van der Waals surface area contributed by atoms with Crippen LogP contribution in [0.2, 0.25) is 0 Å². The summed E-state index contributed by atoms with van der Waals surface area (Å²) in [6, 6.07) is -3.20. The number of aliphatic hydroxyl groups excluding tert-OH is 9. The van der Waals surface area contributed by atoms with Crippen LogP contribution in [-0.2, 0) is 23.7 Å². The van der Waals surface area contributed by atoms with E-state index in [-0.39, 0.29) is 38.3 Å². The van der Waals surface area contributed by atoms with E-state index in [1.165, 1.54) is 0 Å². The summed E-state index contributed by atoms with van der Waals surface area (Å²) < 4.78 is 23.0. The van der Waals surface area contributed by atoms with Crippen LogP contribution in [0.15, 0.2) is 4.99 Å². The number of guanidine groups is 1. The van der Waals surface area contributed by atoms with Crippen molar-refractivity contribution in [3.8, 4) is 0 Å². The fourth-order valence-electron chi connectivity index (χ4n) is 5.96. The molecule has 0 aromatic carbocycles. The second-order valence-corrected chi connectivity index (χ2v) is 12.5. The molecule has 2 heterocycles. The van der Waals surface area contributed by atoms with E-state index in [9.17, 15) is 50.8 Å². The molecule has 0 aromatic rings. The summed E-state index contributed by atoms with van der Waals surface area (Å²) in [4.78, 5) is 16.9. The minimum Gasteiger partial charge on any atom is -0.394 e. The number of aliphatic imine (C=N–C) groups is 1. The molecule has 17 atom stereocenters. The van der Waals surface area contributed by atoms with Gasteiger partial charge in [0, 0.05) is 32.0 Å². The van der Waals surface area contributed by atoms with Crippen molar-refractivity contribution in [2.45, 2.75) is 123 Å². The van der Waals surface area contributed by atoms with Crippen molar-refractivity contribution >= 4 is 11.9 Å². The molecule has 0 radical (unpaired) electrons. The molecule has 2 saturated carbocycles. The van der Waals surface area contributed by atoms with Gasteiger partial charge in [-0.1, -0.05) is 0 Å². The van der Waals surface area contributed by atoms with Crippen LogP contribution in [0.25, 0.3) is 0 Å². The fourth-order valence-corrected chi connectivity index (χ4v) is 5.96. The molecule has 2 aliphatic carbocycles. The lowest BCUT2D eigenvalue weighted by Gasteiger charge is -2.48. The van der Waals surface area contributed by atoms with Gasteiger partial charge in [0.25, 0.3) is 5.91 Å². The molecule has 0 aromatic heterocycles. The Bertz CT molecular complexity index is 1080. The average molecular weight is 685 g/mol. The third kappa shape index (κ3) is 8.64. The second kappa shape index (κ2) is 15.8. The standard InChI is InChI=1S/C26H48N6O15/c27-9-1-10(31-24(42)26(43)3-15(26)32-25(28)29)21(47-22-12(37)2-11(36)14(7-34)45-22)19(41)20(9)46-23-18(40)17(39)16(38)13(44-23)5-30-4-8(35)6-33/h8-23,30,33-41,43H,1-7,27H2,(H,31,42)(H4,28,29,32)/t8?,9-,10+,11-,12+,13+,14+,15?,16+,17-,18+,19-,20+,21-,22+,23+,26?/m0/s1. The quantitative estimate of drug-likeness (QED) is 0.0632. The van der Waals surface area contributed by atoms with Crippen molar-refractivity contribution in [2.75, 3.05) is 26.3 Å². The van der Waals surface area contributed by atoms with E-state index in [1.54, 1.807) is 0 Å². The first-order valence-electron chi connectivity index (χ1n) is 15.3. The fraction of sp³-hybridized carbons (Fsp3) is 0.923. The lowest BCUT2D eigenvalue weighted by Crippen LogP contribution is -2.68. The molecule has 21 heteroatoms. The van der Waals surface area contributed by atoms with Gasteiger partial charge in [-0.3, -0.25) is 4.79 Å². The van der Waals surface area contributed by atoms with Gasteiger partial charge in [-0.25, -0.2) is 4.99 Å². The monoisotopic (exact) mass is 684 g/mol. The van der Waals surface area contributed by atoms with Crippen molar-refractivity contribution in [2.24, 2.45) is 22.2 Å². The largest absolute Gasteiger partial charge is 0.394 e. The van der Waals surface area contributed by atoms with Gasteiger partial charge in [0.1, 0.15) is 54.9 Å². The summed E-state index contributed by atoms with van der Waals surface area (Å²) in [5.41, 5.74) is 15.1. The van der Waals surface area contributed by atoms with E-state index in [4.69, 9.17) is 41.3 Å². The molecule has 1 amide bonds. The van der Waals surface area contributed by atoms with Crippen LogP contribution in [0.5, 0.6) is 0 Å². The number of ether oxygens (including phenoxy) is 4. The molecule has 4 fully saturated rings. The highest BCUT2D eigenvalue weighted by molar-refractivity contribution is 5.90. The Morgan fingerprint density at radius 3 is 2.21 bits per heavy atom. The Hall–Kier alpha value is -1.90. The van der Waals surface area contributed by atoms with Crippen molar-refractivity contribution in [3.05, 3.63) is 0 Å². The van der Waals surface area contributed by atoms with Gasteiger partial charge < -0.3 is 97.8 Å². The highest BCUT2D eigenvalue weighted by Crippen LogP contribution is 2.40. The molecular formula is C26H48N6O15. The second-order valence-electron chi connectivity index (χ2n) is 12.5. The predicted molar refractivity (Wildman–Crippen MR) is 154 cm³/mol. The third-order valence-electron chi connectivity index (χ3n) is 8.83. The van der Waals surface area contributed by atoms with Crippen molar-refractivity contribution in [1.29, 1.82) is 0 Å². The van der Waals surface area contributed by atoms with Crippen molar-refractivity contribution < 1.29 is 74.8 Å². The summed E-state index contributed by atoms with van der Waals surface area (Å²) in [5, 5.41) is 108. The summed E-state index contributed by atoms with van der Waals surface area (Å²) in [5.74, 6) is -1.26. The van der Waals surface area contributed by atoms with E-state index in [2.05, 4.69) is 15.6 Å². The molecule has 4 aliphatic rings. The van der Waals surface area contributed by atoms with Crippen molar-refractivity contribution in [1.82, 2.24) is 10.6 Å². The summed E-state index contributed by atoms with van der Waals surface area (Å²) in [6.07, 6.45) is -19.8.